The van der Waals surface area contributed by atoms with Gasteiger partial charge in [-0.2, -0.15) is 0 Å². The zero-order chi connectivity index (χ0) is 13.0. The first kappa shape index (κ1) is 13.9. The van der Waals surface area contributed by atoms with Crippen LogP contribution in [-0.4, -0.2) is 23.9 Å². The highest BCUT2D eigenvalue weighted by Crippen LogP contribution is 2.24. The monoisotopic (exact) mass is 329 g/mol. The van der Waals surface area contributed by atoms with E-state index in [0.29, 0.717) is 10.6 Å². The summed E-state index contributed by atoms with van der Waals surface area (Å²) in [6, 6.07) is 5.38. The van der Waals surface area contributed by atoms with Gasteiger partial charge in [-0.15, -0.1) is 0 Å². The Morgan fingerprint density at radius 1 is 1.11 bits per heavy atom. The van der Waals surface area contributed by atoms with E-state index in [4.69, 9.17) is 11.6 Å². The average molecular weight is 331 g/mol. The fraction of sp³-hybridized carbons (Fsp3) is 0.500. The summed E-state index contributed by atoms with van der Waals surface area (Å²) in [6.07, 6.45) is 5.98. The fourth-order valence-electron chi connectivity index (χ4n) is 2.26. The Morgan fingerprint density at radius 2 is 1.72 bits per heavy atom. The molecule has 2 nitrogen and oxygen atoms in total. The predicted molar refractivity (Wildman–Crippen MR) is 78.1 cm³/mol. The van der Waals surface area contributed by atoms with Gasteiger partial charge in [0.25, 0.3) is 5.91 Å². The maximum Gasteiger partial charge on any atom is 0.253 e. The summed E-state index contributed by atoms with van der Waals surface area (Å²) in [5.74, 6) is 0.120. The molecule has 1 aromatic rings. The zero-order valence-corrected chi connectivity index (χ0v) is 12.6. The smallest absolute Gasteiger partial charge is 0.253 e. The third kappa shape index (κ3) is 3.48. The molecule has 2 rings (SSSR count). The predicted octanol–water partition coefficient (Wildman–Crippen LogP) is 4.51. The number of hydrogen-bond donors (Lipinski definition) is 0. The standard InChI is InChI=1S/C14H17BrClNO/c15-12-10-11(6-7-13(12)16)14(18)17-8-4-2-1-3-5-9-17/h6-7,10H,1-5,8-9H2. The minimum absolute atomic E-state index is 0.120. The Bertz CT molecular complexity index is 428. The Kier molecular flexibility index (Phi) is 5.07. The maximum absolute atomic E-state index is 12.4. The molecular formula is C14H17BrClNO. The molecule has 0 radical (unpaired) electrons. The highest BCUT2D eigenvalue weighted by Gasteiger charge is 2.17. The summed E-state index contributed by atoms with van der Waals surface area (Å²) < 4.78 is 0.780. The van der Waals surface area contributed by atoms with Crippen LogP contribution in [-0.2, 0) is 0 Å². The average Bonchev–Trinajstić information content (AvgIpc) is 2.31. The molecular weight excluding hydrogens is 314 g/mol. The number of likely N-dealkylation sites (tertiary alicyclic amines) is 1. The number of nitrogens with zero attached hydrogens (tertiary/aromatic N) is 1. The van der Waals surface area contributed by atoms with E-state index in [2.05, 4.69) is 15.9 Å². The van der Waals surface area contributed by atoms with Crippen LogP contribution in [0.25, 0.3) is 0 Å². The number of hydrogen-bond acceptors (Lipinski definition) is 1. The Morgan fingerprint density at radius 3 is 2.33 bits per heavy atom. The van der Waals surface area contributed by atoms with Gasteiger partial charge in [0.15, 0.2) is 0 Å². The van der Waals surface area contributed by atoms with Crippen LogP contribution in [0.4, 0.5) is 0 Å². The first-order valence-corrected chi connectivity index (χ1v) is 7.60. The molecule has 1 aromatic carbocycles. The van der Waals surface area contributed by atoms with Gasteiger partial charge in [0, 0.05) is 23.1 Å². The molecule has 0 saturated carbocycles. The number of amides is 1. The molecule has 1 heterocycles. The van der Waals surface area contributed by atoms with Crippen LogP contribution < -0.4 is 0 Å². The van der Waals surface area contributed by atoms with Crippen molar-refractivity contribution < 1.29 is 4.79 Å². The molecule has 1 aliphatic rings. The normalized spacial score (nSPS) is 17.1. The number of halogens is 2. The van der Waals surface area contributed by atoms with E-state index < -0.39 is 0 Å². The number of carbonyl (C=O) groups is 1. The van der Waals surface area contributed by atoms with E-state index >= 15 is 0 Å². The third-order valence-corrected chi connectivity index (χ3v) is 4.52. The van der Waals surface area contributed by atoms with Crippen molar-refractivity contribution in [2.75, 3.05) is 13.1 Å². The molecule has 0 bridgehead atoms. The Balaban J connectivity index is 2.10. The molecule has 0 N–H and O–H groups in total. The van der Waals surface area contributed by atoms with Crippen molar-refractivity contribution in [2.45, 2.75) is 32.1 Å². The molecule has 0 aromatic heterocycles. The van der Waals surface area contributed by atoms with Gasteiger partial charge in [-0.05, 0) is 47.0 Å². The number of rotatable bonds is 1. The van der Waals surface area contributed by atoms with E-state index in [1.165, 1.54) is 19.3 Å². The highest BCUT2D eigenvalue weighted by atomic mass is 79.9. The van der Waals surface area contributed by atoms with Crippen molar-refractivity contribution in [2.24, 2.45) is 0 Å². The molecule has 18 heavy (non-hydrogen) atoms. The lowest BCUT2D eigenvalue weighted by Gasteiger charge is -2.25. The summed E-state index contributed by atoms with van der Waals surface area (Å²) in [5, 5.41) is 0.638. The van der Waals surface area contributed by atoms with Crippen LogP contribution in [0, 0.1) is 0 Å². The molecule has 4 heteroatoms. The quantitative estimate of drug-likeness (QED) is 0.742. The van der Waals surface area contributed by atoms with Crippen molar-refractivity contribution >= 4 is 33.4 Å². The van der Waals surface area contributed by atoms with Gasteiger partial charge in [0.05, 0.1) is 5.02 Å². The van der Waals surface area contributed by atoms with E-state index in [-0.39, 0.29) is 5.91 Å². The lowest BCUT2D eigenvalue weighted by Crippen LogP contribution is -2.33. The molecule has 1 fully saturated rings. The van der Waals surface area contributed by atoms with Gasteiger partial charge in [0.2, 0.25) is 0 Å². The van der Waals surface area contributed by atoms with Gasteiger partial charge in [-0.1, -0.05) is 30.9 Å². The van der Waals surface area contributed by atoms with Crippen LogP contribution in [0.5, 0.6) is 0 Å². The second-order valence-corrected chi connectivity index (χ2v) is 5.95. The largest absolute Gasteiger partial charge is 0.339 e. The number of carbonyl (C=O) groups excluding carboxylic acids is 1. The van der Waals surface area contributed by atoms with Gasteiger partial charge in [-0.3, -0.25) is 4.79 Å². The number of benzene rings is 1. The third-order valence-electron chi connectivity index (χ3n) is 3.31. The van der Waals surface area contributed by atoms with Crippen LogP contribution >= 0.6 is 27.5 Å². The van der Waals surface area contributed by atoms with Crippen LogP contribution in [0.1, 0.15) is 42.5 Å². The molecule has 0 aliphatic carbocycles. The van der Waals surface area contributed by atoms with Crippen LogP contribution in [0.3, 0.4) is 0 Å². The first-order chi connectivity index (χ1) is 8.68. The summed E-state index contributed by atoms with van der Waals surface area (Å²) in [5.41, 5.74) is 0.715. The van der Waals surface area contributed by atoms with Crippen LogP contribution in [0.15, 0.2) is 22.7 Å². The van der Waals surface area contributed by atoms with E-state index in [9.17, 15) is 4.79 Å². The second-order valence-electron chi connectivity index (χ2n) is 4.69. The summed E-state index contributed by atoms with van der Waals surface area (Å²) >= 11 is 9.31. The van der Waals surface area contributed by atoms with Gasteiger partial charge < -0.3 is 4.90 Å². The lowest BCUT2D eigenvalue weighted by atomic mass is 10.1. The Hall–Kier alpha value is -0.540. The van der Waals surface area contributed by atoms with Crippen molar-refractivity contribution in [3.63, 3.8) is 0 Å². The topological polar surface area (TPSA) is 20.3 Å². The van der Waals surface area contributed by atoms with E-state index in [1.54, 1.807) is 12.1 Å². The van der Waals surface area contributed by atoms with Gasteiger partial charge in [0.1, 0.15) is 0 Å². The van der Waals surface area contributed by atoms with E-state index in [1.807, 2.05) is 11.0 Å². The van der Waals surface area contributed by atoms with Crippen molar-refractivity contribution in [1.82, 2.24) is 4.90 Å². The molecule has 0 atom stereocenters. The molecule has 1 saturated heterocycles. The molecule has 1 amide bonds. The zero-order valence-electron chi connectivity index (χ0n) is 10.3. The Labute approximate surface area is 121 Å². The maximum atomic E-state index is 12.4. The van der Waals surface area contributed by atoms with Crippen molar-refractivity contribution in [1.29, 1.82) is 0 Å². The van der Waals surface area contributed by atoms with Gasteiger partial charge in [-0.25, -0.2) is 0 Å². The SMILES string of the molecule is O=C(c1ccc(Cl)c(Br)c1)N1CCCCCCC1. The van der Waals surface area contributed by atoms with Crippen molar-refractivity contribution in [3.05, 3.63) is 33.3 Å². The molecule has 0 spiro atoms. The molecule has 0 unspecified atom stereocenters. The minimum atomic E-state index is 0.120. The summed E-state index contributed by atoms with van der Waals surface area (Å²) in [4.78, 5) is 14.4. The summed E-state index contributed by atoms with van der Waals surface area (Å²) in [7, 11) is 0. The second kappa shape index (κ2) is 6.58. The first-order valence-electron chi connectivity index (χ1n) is 6.43. The molecule has 1 aliphatic heterocycles. The van der Waals surface area contributed by atoms with Gasteiger partial charge >= 0.3 is 0 Å². The van der Waals surface area contributed by atoms with Crippen LogP contribution in [0.2, 0.25) is 5.02 Å². The lowest BCUT2D eigenvalue weighted by molar-refractivity contribution is 0.0742. The highest BCUT2D eigenvalue weighted by molar-refractivity contribution is 9.10. The minimum Gasteiger partial charge on any atom is -0.339 e. The van der Waals surface area contributed by atoms with Crippen molar-refractivity contribution in [3.8, 4) is 0 Å². The van der Waals surface area contributed by atoms with E-state index in [0.717, 1.165) is 30.4 Å². The molecule has 98 valence electrons. The fourth-order valence-corrected chi connectivity index (χ4v) is 2.76. The summed E-state index contributed by atoms with van der Waals surface area (Å²) in [6.45, 7) is 1.75.